The lowest BCUT2D eigenvalue weighted by Gasteiger charge is -2.35. The number of hydrogen-bond acceptors (Lipinski definition) is 2. The van der Waals surface area contributed by atoms with Crippen LogP contribution in [0.3, 0.4) is 0 Å². The molecule has 0 heterocycles. The van der Waals surface area contributed by atoms with Crippen LogP contribution in [-0.4, -0.2) is 12.1 Å². The summed E-state index contributed by atoms with van der Waals surface area (Å²) in [7, 11) is 0. The number of nitrogens with two attached hydrogens (primary N) is 1. The largest absolute Gasteiger partial charge is 0.488 e. The van der Waals surface area contributed by atoms with Crippen molar-refractivity contribution in [3.63, 3.8) is 0 Å². The van der Waals surface area contributed by atoms with Crippen molar-refractivity contribution in [3.05, 3.63) is 29.8 Å². The van der Waals surface area contributed by atoms with Gasteiger partial charge in [-0.1, -0.05) is 33.8 Å². The summed E-state index contributed by atoms with van der Waals surface area (Å²) in [4.78, 5) is 0. The predicted octanol–water partition coefficient (Wildman–Crippen LogP) is 4.24. The standard InChI is InChI=1S/C15H22F3NO/c1-5-12(19)13(14(2,3)4)20-11-8-6-7-10(9-11)15(16,17)18/h6-9,12-13H,5,19H2,1-4H3. The first kappa shape index (κ1) is 16.8. The van der Waals surface area contributed by atoms with Crippen LogP contribution in [0.15, 0.2) is 24.3 Å². The molecule has 0 amide bonds. The van der Waals surface area contributed by atoms with Crippen molar-refractivity contribution in [1.29, 1.82) is 0 Å². The van der Waals surface area contributed by atoms with Crippen molar-refractivity contribution in [2.24, 2.45) is 11.1 Å². The van der Waals surface area contributed by atoms with Crippen molar-refractivity contribution in [1.82, 2.24) is 0 Å². The number of benzene rings is 1. The van der Waals surface area contributed by atoms with Crippen molar-refractivity contribution < 1.29 is 17.9 Å². The number of ether oxygens (including phenoxy) is 1. The molecule has 1 rings (SSSR count). The summed E-state index contributed by atoms with van der Waals surface area (Å²) < 4.78 is 43.8. The monoisotopic (exact) mass is 289 g/mol. The maximum Gasteiger partial charge on any atom is 0.416 e. The molecule has 2 N–H and O–H groups in total. The third-order valence-corrected chi connectivity index (χ3v) is 3.14. The van der Waals surface area contributed by atoms with Crippen LogP contribution in [0, 0.1) is 5.41 Å². The van der Waals surface area contributed by atoms with Crippen molar-refractivity contribution in [2.75, 3.05) is 0 Å². The summed E-state index contributed by atoms with van der Waals surface area (Å²) in [5.41, 5.74) is 5.05. The molecule has 0 spiro atoms. The van der Waals surface area contributed by atoms with E-state index in [0.717, 1.165) is 12.1 Å². The van der Waals surface area contributed by atoms with E-state index in [4.69, 9.17) is 10.5 Å². The van der Waals surface area contributed by atoms with Gasteiger partial charge in [0.25, 0.3) is 0 Å². The Morgan fingerprint density at radius 1 is 1.20 bits per heavy atom. The molecule has 1 aromatic rings. The molecule has 1 aromatic carbocycles. The van der Waals surface area contributed by atoms with Gasteiger partial charge in [-0.25, -0.2) is 0 Å². The molecule has 0 aliphatic rings. The first-order chi connectivity index (χ1) is 9.05. The van der Waals surface area contributed by atoms with Crippen molar-refractivity contribution >= 4 is 0 Å². The summed E-state index contributed by atoms with van der Waals surface area (Å²) >= 11 is 0. The second-order valence-corrected chi connectivity index (χ2v) is 6.00. The fraction of sp³-hybridized carbons (Fsp3) is 0.600. The Morgan fingerprint density at radius 2 is 1.80 bits per heavy atom. The lowest BCUT2D eigenvalue weighted by atomic mass is 9.84. The average molecular weight is 289 g/mol. The molecule has 0 aliphatic carbocycles. The van der Waals surface area contributed by atoms with Crippen LogP contribution < -0.4 is 10.5 Å². The molecule has 0 aromatic heterocycles. The van der Waals surface area contributed by atoms with Gasteiger partial charge in [0.15, 0.2) is 0 Å². The topological polar surface area (TPSA) is 35.2 Å². The molecule has 5 heteroatoms. The summed E-state index contributed by atoms with van der Waals surface area (Å²) in [5.74, 6) is 0.198. The average Bonchev–Trinajstić information content (AvgIpc) is 2.33. The molecule has 2 atom stereocenters. The van der Waals surface area contributed by atoms with E-state index in [9.17, 15) is 13.2 Å². The van der Waals surface area contributed by atoms with Gasteiger partial charge in [-0.2, -0.15) is 13.2 Å². The highest BCUT2D eigenvalue weighted by atomic mass is 19.4. The fourth-order valence-electron chi connectivity index (χ4n) is 2.01. The van der Waals surface area contributed by atoms with E-state index < -0.39 is 11.7 Å². The molecule has 2 nitrogen and oxygen atoms in total. The third-order valence-electron chi connectivity index (χ3n) is 3.14. The second-order valence-electron chi connectivity index (χ2n) is 6.00. The summed E-state index contributed by atoms with van der Waals surface area (Å²) in [5, 5.41) is 0. The molecule has 2 unspecified atom stereocenters. The van der Waals surface area contributed by atoms with E-state index in [-0.39, 0.29) is 23.3 Å². The highest BCUT2D eigenvalue weighted by molar-refractivity contribution is 5.30. The third kappa shape index (κ3) is 4.40. The van der Waals surface area contributed by atoms with Gasteiger partial charge in [-0.15, -0.1) is 0 Å². The maximum atomic E-state index is 12.7. The van der Waals surface area contributed by atoms with Crippen LogP contribution in [0.1, 0.15) is 39.7 Å². The van der Waals surface area contributed by atoms with Gasteiger partial charge < -0.3 is 10.5 Å². The molecule has 0 fully saturated rings. The predicted molar refractivity (Wildman–Crippen MR) is 73.6 cm³/mol. The lowest BCUT2D eigenvalue weighted by Crippen LogP contribution is -2.47. The summed E-state index contributed by atoms with van der Waals surface area (Å²) in [6, 6.07) is 4.68. The molecule has 114 valence electrons. The molecule has 0 saturated heterocycles. The Labute approximate surface area is 118 Å². The van der Waals surface area contributed by atoms with Crippen LogP contribution in [-0.2, 0) is 6.18 Å². The lowest BCUT2D eigenvalue weighted by molar-refractivity contribution is -0.137. The number of halogens is 3. The zero-order chi connectivity index (χ0) is 15.6. The van der Waals surface area contributed by atoms with Gasteiger partial charge >= 0.3 is 6.18 Å². The van der Waals surface area contributed by atoms with Gasteiger partial charge in [-0.05, 0) is 24.6 Å². The summed E-state index contributed by atoms with van der Waals surface area (Å²) in [6.45, 7) is 7.81. The zero-order valence-corrected chi connectivity index (χ0v) is 12.3. The SMILES string of the molecule is CCC(N)C(Oc1cccc(C(F)(F)F)c1)C(C)(C)C. The van der Waals surface area contributed by atoms with E-state index >= 15 is 0 Å². The Hall–Kier alpha value is -1.23. The minimum Gasteiger partial charge on any atom is -0.488 e. The smallest absolute Gasteiger partial charge is 0.416 e. The quantitative estimate of drug-likeness (QED) is 0.900. The number of alkyl halides is 3. The van der Waals surface area contributed by atoms with Gasteiger partial charge in [0.1, 0.15) is 11.9 Å². The molecule has 0 radical (unpaired) electrons. The number of hydrogen-bond donors (Lipinski definition) is 1. The van der Waals surface area contributed by atoms with Crippen molar-refractivity contribution in [3.8, 4) is 5.75 Å². The highest BCUT2D eigenvalue weighted by Crippen LogP contribution is 2.33. The first-order valence-corrected chi connectivity index (χ1v) is 6.65. The highest BCUT2D eigenvalue weighted by Gasteiger charge is 2.33. The van der Waals surface area contributed by atoms with Crippen LogP contribution in [0.25, 0.3) is 0 Å². The van der Waals surface area contributed by atoms with Crippen molar-refractivity contribution in [2.45, 2.75) is 52.4 Å². The maximum absolute atomic E-state index is 12.7. The Morgan fingerprint density at radius 3 is 2.25 bits per heavy atom. The molecule has 0 bridgehead atoms. The fourth-order valence-corrected chi connectivity index (χ4v) is 2.01. The van der Waals surface area contributed by atoms with E-state index in [2.05, 4.69) is 0 Å². The minimum absolute atomic E-state index is 0.198. The molecule has 0 saturated carbocycles. The Bertz CT molecular complexity index is 437. The van der Waals surface area contributed by atoms with Gasteiger partial charge in [0, 0.05) is 11.5 Å². The Balaban J connectivity index is 3.01. The number of rotatable bonds is 4. The van der Waals surface area contributed by atoms with Crippen LogP contribution in [0.4, 0.5) is 13.2 Å². The zero-order valence-electron chi connectivity index (χ0n) is 12.3. The first-order valence-electron chi connectivity index (χ1n) is 6.65. The molecule has 20 heavy (non-hydrogen) atoms. The van der Waals surface area contributed by atoms with Gasteiger partial charge in [-0.3, -0.25) is 0 Å². The second kappa shape index (κ2) is 6.04. The van der Waals surface area contributed by atoms with E-state index in [1.165, 1.54) is 12.1 Å². The van der Waals surface area contributed by atoms with Gasteiger partial charge in [0.2, 0.25) is 0 Å². The minimum atomic E-state index is -4.37. The van der Waals surface area contributed by atoms with E-state index in [1.54, 1.807) is 0 Å². The van der Waals surface area contributed by atoms with Crippen LogP contribution >= 0.6 is 0 Å². The van der Waals surface area contributed by atoms with Crippen LogP contribution in [0.2, 0.25) is 0 Å². The van der Waals surface area contributed by atoms with E-state index in [0.29, 0.717) is 6.42 Å². The van der Waals surface area contributed by atoms with E-state index in [1.807, 2.05) is 27.7 Å². The molecular weight excluding hydrogens is 267 g/mol. The Kier molecular flexibility index (Phi) is 5.08. The summed E-state index contributed by atoms with van der Waals surface area (Å²) in [6.07, 6.45) is -4.03. The molecule has 0 aliphatic heterocycles. The van der Waals surface area contributed by atoms with Gasteiger partial charge in [0.05, 0.1) is 5.56 Å². The molecular formula is C15H22F3NO. The van der Waals surface area contributed by atoms with Crippen LogP contribution in [0.5, 0.6) is 5.75 Å². The normalized spacial score (nSPS) is 15.8.